The van der Waals surface area contributed by atoms with E-state index in [1.54, 1.807) is 13.8 Å². The Morgan fingerprint density at radius 2 is 2.17 bits per heavy atom. The number of nitrogens with one attached hydrogen (secondary N) is 1. The van der Waals surface area contributed by atoms with Gasteiger partial charge in [0, 0.05) is 17.5 Å². The maximum Gasteiger partial charge on any atom is 0.282 e. The fraction of sp³-hybridized carbons (Fsp3) is 0.364. The number of carbonyl (C=O) groups excluding carboxylic acids is 1. The van der Waals surface area contributed by atoms with Crippen molar-refractivity contribution in [2.45, 2.75) is 19.4 Å². The molecule has 1 aromatic rings. The van der Waals surface area contributed by atoms with E-state index in [9.17, 15) is 19.3 Å². The molecular formula is C11H12ClFN2O3. The largest absolute Gasteiger partial charge is 0.346 e. The van der Waals surface area contributed by atoms with Crippen LogP contribution in [0.4, 0.5) is 10.1 Å². The second-order valence-electron chi connectivity index (χ2n) is 4.39. The average Bonchev–Trinajstić information content (AvgIpc) is 2.28. The number of halogens is 2. The number of hydrogen-bond acceptors (Lipinski definition) is 3. The molecule has 0 aliphatic rings. The molecule has 1 amide bonds. The van der Waals surface area contributed by atoms with E-state index in [0.29, 0.717) is 0 Å². The van der Waals surface area contributed by atoms with Gasteiger partial charge in [-0.25, -0.2) is 4.39 Å². The van der Waals surface area contributed by atoms with Gasteiger partial charge < -0.3 is 5.32 Å². The van der Waals surface area contributed by atoms with Gasteiger partial charge in [-0.05, 0) is 26.0 Å². The molecule has 0 aromatic heterocycles. The van der Waals surface area contributed by atoms with Gasteiger partial charge in [0.15, 0.2) is 0 Å². The summed E-state index contributed by atoms with van der Waals surface area (Å²) < 4.78 is 13.1. The molecule has 0 atom stereocenters. The molecule has 0 unspecified atom stereocenters. The number of rotatable bonds is 4. The molecule has 1 aromatic carbocycles. The van der Waals surface area contributed by atoms with E-state index in [0.717, 1.165) is 18.2 Å². The molecule has 18 heavy (non-hydrogen) atoms. The van der Waals surface area contributed by atoms with Crippen LogP contribution < -0.4 is 5.32 Å². The molecule has 0 heterocycles. The fourth-order valence-electron chi connectivity index (χ4n) is 1.26. The Hall–Kier alpha value is -1.69. The summed E-state index contributed by atoms with van der Waals surface area (Å²) in [6, 6.07) is 2.72. The minimum Gasteiger partial charge on any atom is -0.346 e. The summed E-state index contributed by atoms with van der Waals surface area (Å²) >= 11 is 5.64. The molecule has 0 saturated carbocycles. The Kier molecular flexibility index (Phi) is 4.24. The van der Waals surface area contributed by atoms with Crippen LogP contribution in [0.2, 0.25) is 0 Å². The van der Waals surface area contributed by atoms with Crippen molar-refractivity contribution < 1.29 is 14.1 Å². The summed E-state index contributed by atoms with van der Waals surface area (Å²) in [6.45, 7) is 3.31. The maximum atomic E-state index is 13.1. The van der Waals surface area contributed by atoms with Crippen LogP contribution in [0.25, 0.3) is 0 Å². The van der Waals surface area contributed by atoms with Crippen molar-refractivity contribution in [1.29, 1.82) is 0 Å². The fourth-order valence-corrected chi connectivity index (χ4v) is 1.32. The Bertz CT molecular complexity index is 491. The highest BCUT2D eigenvalue weighted by atomic mass is 35.5. The lowest BCUT2D eigenvalue weighted by atomic mass is 10.1. The number of nitro groups is 1. The SMILES string of the molecule is CC(C)(CCl)NC(=O)c1cc(F)ccc1[N+](=O)[O-]. The van der Waals surface area contributed by atoms with Gasteiger partial charge in [0.05, 0.1) is 4.92 Å². The molecular weight excluding hydrogens is 263 g/mol. The summed E-state index contributed by atoms with van der Waals surface area (Å²) in [5, 5.41) is 13.3. The van der Waals surface area contributed by atoms with Gasteiger partial charge in [-0.2, -0.15) is 0 Å². The Morgan fingerprint density at radius 1 is 1.56 bits per heavy atom. The molecule has 5 nitrogen and oxygen atoms in total. The monoisotopic (exact) mass is 274 g/mol. The second-order valence-corrected chi connectivity index (χ2v) is 4.66. The number of nitrogens with zero attached hydrogens (tertiary/aromatic N) is 1. The first-order chi connectivity index (χ1) is 8.26. The molecule has 0 spiro atoms. The number of amides is 1. The van der Waals surface area contributed by atoms with Gasteiger partial charge in [0.1, 0.15) is 11.4 Å². The number of alkyl halides is 1. The Labute approximate surface area is 108 Å². The zero-order chi connectivity index (χ0) is 13.9. The standard InChI is InChI=1S/C11H12ClFN2O3/c1-11(2,6-12)14-10(16)8-5-7(13)3-4-9(8)15(17)18/h3-5H,6H2,1-2H3,(H,14,16). The molecule has 0 saturated heterocycles. The van der Waals surface area contributed by atoms with Crippen LogP contribution in [-0.2, 0) is 0 Å². The lowest BCUT2D eigenvalue weighted by Gasteiger charge is -2.23. The number of carbonyl (C=O) groups is 1. The molecule has 0 aliphatic heterocycles. The maximum absolute atomic E-state index is 13.1. The van der Waals surface area contributed by atoms with Crippen LogP contribution in [-0.4, -0.2) is 22.2 Å². The van der Waals surface area contributed by atoms with Crippen molar-refractivity contribution in [3.05, 3.63) is 39.7 Å². The van der Waals surface area contributed by atoms with Crippen molar-refractivity contribution >= 4 is 23.2 Å². The Balaban J connectivity index is 3.12. The third kappa shape index (κ3) is 3.40. The lowest BCUT2D eigenvalue weighted by Crippen LogP contribution is -2.45. The zero-order valence-electron chi connectivity index (χ0n) is 9.87. The second kappa shape index (κ2) is 5.30. The first-order valence-electron chi connectivity index (χ1n) is 5.09. The van der Waals surface area contributed by atoms with Gasteiger partial charge in [-0.15, -0.1) is 11.6 Å². The van der Waals surface area contributed by atoms with Crippen molar-refractivity contribution in [2.75, 3.05) is 5.88 Å². The quantitative estimate of drug-likeness (QED) is 0.521. The highest BCUT2D eigenvalue weighted by Crippen LogP contribution is 2.20. The van der Waals surface area contributed by atoms with Gasteiger partial charge in [0.25, 0.3) is 11.6 Å². The minimum absolute atomic E-state index is 0.127. The molecule has 0 aliphatic carbocycles. The van der Waals surface area contributed by atoms with Gasteiger partial charge in [-0.3, -0.25) is 14.9 Å². The predicted molar refractivity (Wildman–Crippen MR) is 65.3 cm³/mol. The third-order valence-corrected chi connectivity index (χ3v) is 2.85. The van der Waals surface area contributed by atoms with E-state index < -0.39 is 27.9 Å². The first kappa shape index (κ1) is 14.4. The molecule has 1 rings (SSSR count). The average molecular weight is 275 g/mol. The van der Waals surface area contributed by atoms with E-state index in [1.165, 1.54) is 0 Å². The van der Waals surface area contributed by atoms with Crippen molar-refractivity contribution in [3.63, 3.8) is 0 Å². The summed E-state index contributed by atoms with van der Waals surface area (Å²) in [5.74, 6) is -1.32. The summed E-state index contributed by atoms with van der Waals surface area (Å²) in [7, 11) is 0. The summed E-state index contributed by atoms with van der Waals surface area (Å²) in [4.78, 5) is 21.9. The normalized spacial score (nSPS) is 11.1. The number of nitro benzene ring substituents is 1. The van der Waals surface area contributed by atoms with Crippen LogP contribution in [0, 0.1) is 15.9 Å². The van der Waals surface area contributed by atoms with Crippen LogP contribution in [0.5, 0.6) is 0 Å². The van der Waals surface area contributed by atoms with E-state index in [-0.39, 0.29) is 11.4 Å². The highest BCUT2D eigenvalue weighted by molar-refractivity contribution is 6.18. The number of hydrogen-bond donors (Lipinski definition) is 1. The van der Waals surface area contributed by atoms with Gasteiger partial charge >= 0.3 is 0 Å². The zero-order valence-corrected chi connectivity index (χ0v) is 10.6. The first-order valence-corrected chi connectivity index (χ1v) is 5.63. The predicted octanol–water partition coefficient (Wildman–Crippen LogP) is 2.48. The summed E-state index contributed by atoms with van der Waals surface area (Å²) in [5.41, 5.74) is -1.50. The van der Waals surface area contributed by atoms with E-state index in [2.05, 4.69) is 5.32 Å². The molecule has 7 heteroatoms. The molecule has 0 fully saturated rings. The van der Waals surface area contributed by atoms with Crippen LogP contribution in [0.1, 0.15) is 24.2 Å². The van der Waals surface area contributed by atoms with Crippen molar-refractivity contribution in [3.8, 4) is 0 Å². The van der Waals surface area contributed by atoms with Crippen LogP contribution in [0.3, 0.4) is 0 Å². The summed E-state index contributed by atoms with van der Waals surface area (Å²) in [6.07, 6.45) is 0. The topological polar surface area (TPSA) is 72.2 Å². The van der Waals surface area contributed by atoms with E-state index in [1.807, 2.05) is 0 Å². The van der Waals surface area contributed by atoms with Crippen molar-refractivity contribution in [2.24, 2.45) is 0 Å². The molecule has 0 bridgehead atoms. The molecule has 98 valence electrons. The highest BCUT2D eigenvalue weighted by Gasteiger charge is 2.25. The smallest absolute Gasteiger partial charge is 0.282 e. The van der Waals surface area contributed by atoms with Crippen LogP contribution >= 0.6 is 11.6 Å². The van der Waals surface area contributed by atoms with Gasteiger partial charge in [-0.1, -0.05) is 0 Å². The molecule has 0 radical (unpaired) electrons. The minimum atomic E-state index is -0.737. The van der Waals surface area contributed by atoms with E-state index >= 15 is 0 Å². The van der Waals surface area contributed by atoms with Crippen LogP contribution in [0.15, 0.2) is 18.2 Å². The van der Waals surface area contributed by atoms with Crippen molar-refractivity contribution in [1.82, 2.24) is 5.32 Å². The van der Waals surface area contributed by atoms with E-state index in [4.69, 9.17) is 11.6 Å². The molecule has 1 N–H and O–H groups in total. The lowest BCUT2D eigenvalue weighted by molar-refractivity contribution is -0.385. The third-order valence-electron chi connectivity index (χ3n) is 2.19. The number of benzene rings is 1. The van der Waals surface area contributed by atoms with Gasteiger partial charge in [0.2, 0.25) is 0 Å². The Morgan fingerprint density at radius 3 is 2.67 bits per heavy atom.